The number of nitrogens with zero attached hydrogens (tertiary/aromatic N) is 1. The Labute approximate surface area is 139 Å². The molecule has 0 saturated carbocycles. The minimum atomic E-state index is -3.52. The van der Waals surface area contributed by atoms with Crippen LogP contribution in [-0.2, 0) is 23.0 Å². The molecular weight excluding hydrogens is 332 g/mol. The number of rotatable bonds is 6. The standard InChI is InChI=1S/C16H16N2O3S2/c1-2-13-7-8-15(22-13)23(19,20)18-11-12-5-3-9-17-16(12)14-6-4-10-21-14/h3-10,18H,2,11H2,1H3. The Morgan fingerprint density at radius 3 is 2.78 bits per heavy atom. The lowest BCUT2D eigenvalue weighted by Gasteiger charge is -2.08. The van der Waals surface area contributed by atoms with Gasteiger partial charge in [0.25, 0.3) is 0 Å². The summed E-state index contributed by atoms with van der Waals surface area (Å²) in [7, 11) is -3.52. The van der Waals surface area contributed by atoms with Crippen LogP contribution in [0.3, 0.4) is 0 Å². The number of pyridine rings is 1. The molecule has 0 fully saturated rings. The number of sulfonamides is 1. The van der Waals surface area contributed by atoms with Crippen LogP contribution < -0.4 is 4.72 Å². The molecule has 3 rings (SSSR count). The summed E-state index contributed by atoms with van der Waals surface area (Å²) in [6, 6.07) is 10.7. The normalized spacial score (nSPS) is 11.7. The first kappa shape index (κ1) is 15.9. The molecule has 23 heavy (non-hydrogen) atoms. The Morgan fingerprint density at radius 1 is 1.22 bits per heavy atom. The van der Waals surface area contributed by atoms with Gasteiger partial charge in [-0.05, 0) is 42.3 Å². The van der Waals surface area contributed by atoms with Crippen molar-refractivity contribution in [2.75, 3.05) is 0 Å². The van der Waals surface area contributed by atoms with Crippen LogP contribution in [0.15, 0.2) is 57.5 Å². The van der Waals surface area contributed by atoms with Crippen LogP contribution in [0.2, 0.25) is 0 Å². The summed E-state index contributed by atoms with van der Waals surface area (Å²) in [5.74, 6) is 0.615. The van der Waals surface area contributed by atoms with Crippen molar-refractivity contribution in [2.24, 2.45) is 0 Å². The number of hydrogen-bond donors (Lipinski definition) is 1. The van der Waals surface area contributed by atoms with E-state index in [1.54, 1.807) is 36.7 Å². The first-order valence-electron chi connectivity index (χ1n) is 7.16. The highest BCUT2D eigenvalue weighted by molar-refractivity contribution is 7.91. The Balaban J connectivity index is 1.81. The van der Waals surface area contributed by atoms with Crippen molar-refractivity contribution >= 4 is 21.4 Å². The maximum absolute atomic E-state index is 12.4. The highest BCUT2D eigenvalue weighted by Crippen LogP contribution is 2.24. The summed E-state index contributed by atoms with van der Waals surface area (Å²) in [5, 5.41) is 0. The van der Waals surface area contributed by atoms with E-state index < -0.39 is 10.0 Å². The van der Waals surface area contributed by atoms with Crippen molar-refractivity contribution < 1.29 is 12.8 Å². The van der Waals surface area contributed by atoms with E-state index in [4.69, 9.17) is 4.42 Å². The second-order valence-corrected chi connectivity index (χ2v) is 8.05. The van der Waals surface area contributed by atoms with Gasteiger partial charge in [0, 0.05) is 17.6 Å². The first-order valence-corrected chi connectivity index (χ1v) is 9.46. The molecule has 0 aromatic carbocycles. The number of furan rings is 1. The zero-order valence-electron chi connectivity index (χ0n) is 12.5. The van der Waals surface area contributed by atoms with Gasteiger partial charge >= 0.3 is 0 Å². The fourth-order valence-electron chi connectivity index (χ4n) is 2.15. The predicted octanol–water partition coefficient (Wildman–Crippen LogP) is 3.44. The molecule has 0 unspecified atom stereocenters. The molecule has 7 heteroatoms. The quantitative estimate of drug-likeness (QED) is 0.740. The smallest absolute Gasteiger partial charge is 0.250 e. The van der Waals surface area contributed by atoms with Crippen LogP contribution >= 0.6 is 11.3 Å². The maximum atomic E-state index is 12.4. The van der Waals surface area contributed by atoms with E-state index in [9.17, 15) is 8.42 Å². The molecule has 3 aromatic rings. The average molecular weight is 348 g/mol. The van der Waals surface area contributed by atoms with Crippen molar-refractivity contribution in [3.05, 3.63) is 59.3 Å². The van der Waals surface area contributed by atoms with Gasteiger partial charge in [-0.15, -0.1) is 11.3 Å². The topological polar surface area (TPSA) is 72.2 Å². The lowest BCUT2D eigenvalue weighted by atomic mass is 10.1. The molecule has 120 valence electrons. The van der Waals surface area contributed by atoms with Crippen LogP contribution in [-0.4, -0.2) is 13.4 Å². The highest BCUT2D eigenvalue weighted by atomic mass is 32.2. The van der Waals surface area contributed by atoms with Crippen molar-refractivity contribution in [2.45, 2.75) is 24.1 Å². The van der Waals surface area contributed by atoms with Crippen LogP contribution in [0.1, 0.15) is 17.4 Å². The molecule has 0 spiro atoms. The van der Waals surface area contributed by atoms with Gasteiger partial charge in [0.15, 0.2) is 5.76 Å². The Hall–Kier alpha value is -1.96. The Kier molecular flexibility index (Phi) is 4.61. The maximum Gasteiger partial charge on any atom is 0.250 e. The minimum Gasteiger partial charge on any atom is -0.463 e. The van der Waals surface area contributed by atoms with Crippen LogP contribution in [0.5, 0.6) is 0 Å². The second-order valence-electron chi connectivity index (χ2n) is 4.89. The van der Waals surface area contributed by atoms with E-state index in [1.165, 1.54) is 11.3 Å². The SMILES string of the molecule is CCc1ccc(S(=O)(=O)NCc2cccnc2-c2ccco2)s1. The van der Waals surface area contributed by atoms with Crippen LogP contribution in [0.25, 0.3) is 11.5 Å². The summed E-state index contributed by atoms with van der Waals surface area (Å²) < 4.78 is 33.1. The fourth-order valence-corrected chi connectivity index (χ4v) is 4.50. The van der Waals surface area contributed by atoms with Crippen molar-refractivity contribution in [1.29, 1.82) is 0 Å². The van der Waals surface area contributed by atoms with Gasteiger partial charge in [-0.3, -0.25) is 4.98 Å². The molecule has 0 aliphatic rings. The van der Waals surface area contributed by atoms with Crippen LogP contribution in [0, 0.1) is 0 Å². The molecular formula is C16H16N2O3S2. The first-order chi connectivity index (χ1) is 11.1. The molecule has 0 radical (unpaired) electrons. The molecule has 5 nitrogen and oxygen atoms in total. The van der Waals surface area contributed by atoms with Crippen molar-refractivity contribution in [1.82, 2.24) is 9.71 Å². The second kappa shape index (κ2) is 6.66. The summed E-state index contributed by atoms with van der Waals surface area (Å²) in [4.78, 5) is 5.33. The summed E-state index contributed by atoms with van der Waals surface area (Å²) in [5.41, 5.74) is 1.40. The van der Waals surface area contributed by atoms with E-state index in [0.717, 1.165) is 16.9 Å². The van der Waals surface area contributed by atoms with E-state index in [1.807, 2.05) is 19.1 Å². The predicted molar refractivity (Wildman–Crippen MR) is 89.7 cm³/mol. The molecule has 0 amide bonds. The molecule has 0 saturated heterocycles. The summed E-state index contributed by atoms with van der Waals surface area (Å²) in [6.07, 6.45) is 4.05. The lowest BCUT2D eigenvalue weighted by Crippen LogP contribution is -2.22. The Bertz CT molecular complexity index is 884. The van der Waals surface area contributed by atoms with Gasteiger partial charge in [-0.25, -0.2) is 13.1 Å². The third-order valence-corrected chi connectivity index (χ3v) is 6.47. The van der Waals surface area contributed by atoms with Crippen molar-refractivity contribution in [3.63, 3.8) is 0 Å². The van der Waals surface area contributed by atoms with Gasteiger partial charge in [-0.2, -0.15) is 0 Å². The number of aromatic nitrogens is 1. The van der Waals surface area contributed by atoms with Gasteiger partial charge in [0.05, 0.1) is 6.26 Å². The average Bonchev–Trinajstić information content (AvgIpc) is 3.24. The zero-order chi connectivity index (χ0) is 16.3. The molecule has 3 heterocycles. The molecule has 0 atom stereocenters. The molecule has 0 aliphatic heterocycles. The summed E-state index contributed by atoms with van der Waals surface area (Å²) in [6.45, 7) is 2.16. The fraction of sp³-hybridized carbons (Fsp3) is 0.188. The van der Waals surface area contributed by atoms with Crippen LogP contribution in [0.4, 0.5) is 0 Å². The molecule has 0 bridgehead atoms. The monoisotopic (exact) mass is 348 g/mol. The van der Waals surface area contributed by atoms with E-state index in [2.05, 4.69) is 9.71 Å². The van der Waals surface area contributed by atoms with E-state index >= 15 is 0 Å². The third-order valence-electron chi connectivity index (χ3n) is 3.35. The molecule has 3 aromatic heterocycles. The number of thiophene rings is 1. The molecule has 1 N–H and O–H groups in total. The van der Waals surface area contributed by atoms with Gasteiger partial charge < -0.3 is 4.42 Å². The molecule has 0 aliphatic carbocycles. The third kappa shape index (κ3) is 3.52. The zero-order valence-corrected chi connectivity index (χ0v) is 14.2. The van der Waals surface area contributed by atoms with Gasteiger partial charge in [-0.1, -0.05) is 13.0 Å². The number of nitrogens with one attached hydrogen (secondary N) is 1. The van der Waals surface area contributed by atoms with E-state index in [0.29, 0.717) is 15.7 Å². The van der Waals surface area contributed by atoms with Gasteiger partial charge in [0.2, 0.25) is 10.0 Å². The Morgan fingerprint density at radius 2 is 2.09 bits per heavy atom. The lowest BCUT2D eigenvalue weighted by molar-refractivity contribution is 0.576. The van der Waals surface area contributed by atoms with Gasteiger partial charge in [0.1, 0.15) is 9.90 Å². The van der Waals surface area contributed by atoms with Crippen molar-refractivity contribution in [3.8, 4) is 11.5 Å². The number of aryl methyl sites for hydroxylation is 1. The number of hydrogen-bond acceptors (Lipinski definition) is 5. The highest BCUT2D eigenvalue weighted by Gasteiger charge is 2.18. The van der Waals surface area contributed by atoms with E-state index in [-0.39, 0.29) is 6.54 Å². The largest absolute Gasteiger partial charge is 0.463 e. The summed E-state index contributed by atoms with van der Waals surface area (Å²) >= 11 is 1.29. The minimum absolute atomic E-state index is 0.158.